The summed E-state index contributed by atoms with van der Waals surface area (Å²) in [6.07, 6.45) is 7.75. The molecule has 6 rings (SSSR count). The molecule has 4 atom stereocenters. The van der Waals surface area contributed by atoms with Crippen molar-refractivity contribution >= 4 is 21.7 Å². The molecule has 0 aromatic carbocycles. The molecule has 6 bridgehead atoms. The molecule has 6 nitrogen and oxygen atoms in total. The summed E-state index contributed by atoms with van der Waals surface area (Å²) in [4.78, 5) is 26.7. The molecule has 1 amide bonds. The highest BCUT2D eigenvalue weighted by Crippen LogP contribution is 2.65. The maximum atomic E-state index is 13.8. The van der Waals surface area contributed by atoms with Crippen LogP contribution in [0, 0.1) is 39.4 Å². The van der Waals surface area contributed by atoms with Crippen LogP contribution in [0.25, 0.3) is 0 Å². The number of amides is 1. The highest BCUT2D eigenvalue weighted by Gasteiger charge is 2.66. The van der Waals surface area contributed by atoms with E-state index in [-0.39, 0.29) is 34.2 Å². The average Bonchev–Trinajstić information content (AvgIpc) is 3.06. The van der Waals surface area contributed by atoms with Gasteiger partial charge >= 0.3 is 0 Å². The van der Waals surface area contributed by atoms with E-state index < -0.39 is 26.5 Å². The molecule has 0 aromatic rings. The molecule has 6 aliphatic carbocycles. The van der Waals surface area contributed by atoms with E-state index in [0.717, 1.165) is 50.7 Å². The third kappa shape index (κ3) is 3.73. The van der Waals surface area contributed by atoms with Gasteiger partial charge in [-0.05, 0) is 74.5 Å². The molecular weight excluding hydrogens is 462 g/mol. The lowest BCUT2D eigenvalue weighted by molar-refractivity contribution is -0.188. The number of nitrogens with one attached hydrogen (secondary N) is 1. The Morgan fingerprint density at radius 1 is 1.17 bits per heavy atom. The van der Waals surface area contributed by atoms with E-state index in [1.807, 2.05) is 13.8 Å². The Labute approximate surface area is 211 Å². The van der Waals surface area contributed by atoms with Crippen LogP contribution in [0.4, 0.5) is 0 Å². The molecule has 4 unspecified atom stereocenters. The summed E-state index contributed by atoms with van der Waals surface area (Å²) in [6, 6.07) is 0. The second-order valence-corrected chi connectivity index (χ2v) is 15.8. The molecule has 0 spiro atoms. The van der Waals surface area contributed by atoms with Crippen molar-refractivity contribution < 1.29 is 22.7 Å². The molecule has 0 aliphatic heterocycles. The van der Waals surface area contributed by atoms with Gasteiger partial charge in [0.2, 0.25) is 15.9 Å². The first-order valence-corrected chi connectivity index (χ1v) is 15.2. The summed E-state index contributed by atoms with van der Waals surface area (Å²) < 4.78 is 35.9. The largest absolute Gasteiger partial charge is 0.492 e. The summed E-state index contributed by atoms with van der Waals surface area (Å²) in [5.41, 5.74) is -2.54. The first kappa shape index (κ1) is 25.3. The first-order valence-electron chi connectivity index (χ1n) is 13.5. The van der Waals surface area contributed by atoms with E-state index in [1.54, 1.807) is 0 Å². The second-order valence-electron chi connectivity index (χ2n) is 14.0. The standard InChI is InChI=1S/C28H43NO5S/c1-7-24(3,4)18(2)34-27-14-19-10-20(15-27)13-26(12-19,16-27)23(31)29-35(32,33)17-28-9-8-21(11-22(28)30)25(28,5)6/h19-21H,2,7-17H2,1,3-6H3,(H,29,31). The minimum Gasteiger partial charge on any atom is -0.492 e. The Balaban J connectivity index is 1.36. The van der Waals surface area contributed by atoms with Crippen LogP contribution in [0.5, 0.6) is 0 Å². The molecule has 6 fully saturated rings. The Bertz CT molecular complexity index is 1060. The number of rotatable bonds is 8. The minimum absolute atomic E-state index is 0.0517. The lowest BCUT2D eigenvalue weighted by Gasteiger charge is -2.61. The average molecular weight is 506 g/mol. The van der Waals surface area contributed by atoms with Crippen molar-refractivity contribution in [1.82, 2.24) is 4.72 Å². The fraction of sp³-hybridized carbons (Fsp3) is 0.857. The number of sulfonamides is 1. The van der Waals surface area contributed by atoms with E-state index in [4.69, 9.17) is 4.74 Å². The summed E-state index contributed by atoms with van der Waals surface area (Å²) in [5.74, 6) is 1.13. The lowest BCUT2D eigenvalue weighted by atomic mass is 9.47. The summed E-state index contributed by atoms with van der Waals surface area (Å²) in [7, 11) is -3.95. The Kier molecular flexibility index (Phi) is 5.48. The molecule has 0 heterocycles. The van der Waals surface area contributed by atoms with Gasteiger partial charge in [-0.1, -0.05) is 41.2 Å². The lowest BCUT2D eigenvalue weighted by Crippen LogP contribution is -2.62. The maximum absolute atomic E-state index is 13.8. The zero-order valence-electron chi connectivity index (χ0n) is 22.2. The van der Waals surface area contributed by atoms with E-state index in [1.165, 1.54) is 0 Å². The fourth-order valence-electron chi connectivity index (χ4n) is 8.88. The number of carbonyl (C=O) groups excluding carboxylic acids is 2. The molecule has 6 aliphatic rings. The predicted molar refractivity (Wildman–Crippen MR) is 135 cm³/mol. The molecule has 7 heteroatoms. The molecule has 0 aromatic heterocycles. The zero-order chi connectivity index (χ0) is 25.7. The van der Waals surface area contributed by atoms with Crippen LogP contribution in [-0.4, -0.2) is 31.5 Å². The normalized spacial score (nSPS) is 41.3. The number of fused-ring (bicyclic) bond motifs is 2. The van der Waals surface area contributed by atoms with Gasteiger partial charge in [0, 0.05) is 18.3 Å². The maximum Gasteiger partial charge on any atom is 0.239 e. The van der Waals surface area contributed by atoms with Crippen LogP contribution < -0.4 is 4.72 Å². The molecule has 196 valence electrons. The molecule has 0 saturated heterocycles. The van der Waals surface area contributed by atoms with Gasteiger partial charge in [-0.2, -0.15) is 0 Å². The van der Waals surface area contributed by atoms with Crippen molar-refractivity contribution in [3.63, 3.8) is 0 Å². The summed E-state index contributed by atoms with van der Waals surface area (Å²) >= 11 is 0. The van der Waals surface area contributed by atoms with Crippen molar-refractivity contribution in [2.24, 2.45) is 39.4 Å². The van der Waals surface area contributed by atoms with Crippen LogP contribution in [0.1, 0.15) is 98.8 Å². The Morgan fingerprint density at radius 3 is 2.31 bits per heavy atom. The van der Waals surface area contributed by atoms with Gasteiger partial charge in [0.25, 0.3) is 0 Å². The van der Waals surface area contributed by atoms with Gasteiger partial charge in [0.05, 0.1) is 22.3 Å². The topological polar surface area (TPSA) is 89.5 Å². The van der Waals surface area contributed by atoms with E-state index in [0.29, 0.717) is 31.1 Å². The van der Waals surface area contributed by atoms with Crippen LogP contribution in [0.15, 0.2) is 12.3 Å². The number of Topliss-reactive ketones (excluding diaryl/α,β-unsaturated/α-hetero) is 1. The van der Waals surface area contributed by atoms with Gasteiger partial charge in [-0.3, -0.25) is 14.3 Å². The van der Waals surface area contributed by atoms with Crippen molar-refractivity contribution in [2.75, 3.05) is 5.75 Å². The van der Waals surface area contributed by atoms with Gasteiger partial charge in [-0.15, -0.1) is 0 Å². The number of hydrogen-bond acceptors (Lipinski definition) is 5. The smallest absolute Gasteiger partial charge is 0.239 e. The number of allylic oxidation sites excluding steroid dienone is 1. The van der Waals surface area contributed by atoms with Crippen LogP contribution in [0.3, 0.4) is 0 Å². The SMILES string of the molecule is C=C(OC12CC3CC(C1)CC(C(=O)NS(=O)(=O)CC14CCC(CC1=O)C4(C)C)(C3)C2)C(C)(C)CC. The number of ether oxygens (including phenoxy) is 1. The number of carbonyl (C=O) groups is 2. The van der Waals surface area contributed by atoms with Gasteiger partial charge in [0.1, 0.15) is 11.4 Å². The first-order chi connectivity index (χ1) is 16.1. The van der Waals surface area contributed by atoms with Crippen molar-refractivity contribution in [1.29, 1.82) is 0 Å². The molecule has 6 saturated carbocycles. The van der Waals surface area contributed by atoms with Crippen molar-refractivity contribution in [3.05, 3.63) is 12.3 Å². The zero-order valence-corrected chi connectivity index (χ0v) is 23.0. The van der Waals surface area contributed by atoms with Gasteiger partial charge in [-0.25, -0.2) is 8.42 Å². The molecule has 35 heavy (non-hydrogen) atoms. The molecule has 1 N–H and O–H groups in total. The third-order valence-corrected chi connectivity index (χ3v) is 12.7. The van der Waals surface area contributed by atoms with Crippen LogP contribution >= 0.6 is 0 Å². The highest BCUT2D eigenvalue weighted by atomic mass is 32.2. The van der Waals surface area contributed by atoms with Crippen molar-refractivity contribution in [2.45, 2.75) is 104 Å². The third-order valence-electron chi connectivity index (χ3n) is 11.3. The number of hydrogen-bond donors (Lipinski definition) is 1. The van der Waals surface area contributed by atoms with E-state index in [9.17, 15) is 18.0 Å². The summed E-state index contributed by atoms with van der Waals surface area (Å²) in [5, 5.41) is 0. The monoisotopic (exact) mass is 505 g/mol. The quantitative estimate of drug-likeness (QED) is 0.462. The van der Waals surface area contributed by atoms with E-state index in [2.05, 4.69) is 32.1 Å². The predicted octanol–water partition coefficient (Wildman–Crippen LogP) is 5.13. The van der Waals surface area contributed by atoms with Crippen molar-refractivity contribution in [3.8, 4) is 0 Å². The number of ketones is 1. The Morgan fingerprint density at radius 2 is 1.80 bits per heavy atom. The second kappa shape index (κ2) is 7.58. The highest BCUT2D eigenvalue weighted by molar-refractivity contribution is 7.90. The molecule has 0 radical (unpaired) electrons. The molecular formula is C28H43NO5S. The fourth-order valence-corrected chi connectivity index (χ4v) is 10.8. The minimum atomic E-state index is -3.95. The Hall–Kier alpha value is -1.37. The van der Waals surface area contributed by atoms with Gasteiger partial charge < -0.3 is 4.74 Å². The van der Waals surface area contributed by atoms with E-state index >= 15 is 0 Å². The van der Waals surface area contributed by atoms with Gasteiger partial charge in [0.15, 0.2) is 0 Å². The van der Waals surface area contributed by atoms with Crippen LogP contribution in [-0.2, 0) is 24.3 Å². The summed E-state index contributed by atoms with van der Waals surface area (Å²) in [6.45, 7) is 14.7. The van der Waals surface area contributed by atoms with Crippen LogP contribution in [0.2, 0.25) is 0 Å².